The van der Waals surface area contributed by atoms with Gasteiger partial charge in [0.25, 0.3) is 5.91 Å². The highest BCUT2D eigenvalue weighted by Crippen LogP contribution is 2.38. The molecule has 0 heterocycles. The summed E-state index contributed by atoms with van der Waals surface area (Å²) in [4.78, 5) is 23.8. The number of aryl methyl sites for hydroxylation is 1. The van der Waals surface area contributed by atoms with Gasteiger partial charge in [-0.1, -0.05) is 6.07 Å². The van der Waals surface area contributed by atoms with Gasteiger partial charge in [0.05, 0.1) is 26.9 Å². The van der Waals surface area contributed by atoms with Crippen molar-refractivity contribution in [1.29, 1.82) is 0 Å². The van der Waals surface area contributed by atoms with Gasteiger partial charge in [-0.25, -0.2) is 0 Å². The van der Waals surface area contributed by atoms with E-state index >= 15 is 0 Å². The van der Waals surface area contributed by atoms with E-state index in [9.17, 15) is 22.8 Å². The fourth-order valence-corrected chi connectivity index (χ4v) is 2.69. The Labute approximate surface area is 182 Å². The van der Waals surface area contributed by atoms with Gasteiger partial charge in [-0.2, -0.15) is 13.2 Å². The molecule has 0 aliphatic rings. The van der Waals surface area contributed by atoms with Gasteiger partial charge >= 0.3 is 6.18 Å². The fraction of sp³-hybridized carbons (Fsp3) is 0.333. The van der Waals surface area contributed by atoms with Crippen LogP contribution >= 0.6 is 0 Å². The van der Waals surface area contributed by atoms with Crippen LogP contribution in [0.25, 0.3) is 0 Å². The van der Waals surface area contributed by atoms with Crippen molar-refractivity contribution in [3.63, 3.8) is 0 Å². The number of hydrogen-bond acceptors (Lipinski definition) is 6. The molecule has 2 amide bonds. The Kier molecular flexibility index (Phi) is 8.56. The fourth-order valence-electron chi connectivity index (χ4n) is 2.69. The summed E-state index contributed by atoms with van der Waals surface area (Å²) in [5.74, 6) is -0.0146. The van der Waals surface area contributed by atoms with E-state index in [-0.39, 0.29) is 12.2 Å². The van der Waals surface area contributed by atoms with E-state index in [1.54, 1.807) is 12.1 Å². The van der Waals surface area contributed by atoms with Crippen LogP contribution in [0.2, 0.25) is 0 Å². The molecular weight excluding hydrogens is 433 g/mol. The number of carbonyl (C=O) groups excluding carboxylic acids is 2. The van der Waals surface area contributed by atoms with Gasteiger partial charge in [0.2, 0.25) is 11.7 Å². The van der Waals surface area contributed by atoms with Crippen molar-refractivity contribution in [2.45, 2.75) is 19.0 Å². The molecule has 0 radical (unpaired) electrons. The van der Waals surface area contributed by atoms with Gasteiger partial charge < -0.3 is 18.9 Å². The molecule has 0 bridgehead atoms. The third-order valence-electron chi connectivity index (χ3n) is 4.24. The second-order valence-corrected chi connectivity index (χ2v) is 6.44. The van der Waals surface area contributed by atoms with E-state index in [1.807, 2.05) is 0 Å². The first-order valence-electron chi connectivity index (χ1n) is 9.34. The van der Waals surface area contributed by atoms with E-state index in [1.165, 1.54) is 33.5 Å². The van der Waals surface area contributed by atoms with Crippen molar-refractivity contribution in [1.82, 2.24) is 10.9 Å². The number of hydrogen-bond donors (Lipinski definition) is 2. The number of benzene rings is 2. The molecule has 0 saturated carbocycles. The Hall–Kier alpha value is -3.63. The van der Waals surface area contributed by atoms with E-state index < -0.39 is 30.2 Å². The van der Waals surface area contributed by atoms with Crippen molar-refractivity contribution in [3.8, 4) is 23.0 Å². The molecule has 32 heavy (non-hydrogen) atoms. The largest absolute Gasteiger partial charge is 0.493 e. The predicted octanol–water partition coefficient (Wildman–Crippen LogP) is 2.89. The summed E-state index contributed by atoms with van der Waals surface area (Å²) < 4.78 is 58.9. The average molecular weight is 456 g/mol. The average Bonchev–Trinajstić information content (AvgIpc) is 2.78. The zero-order valence-corrected chi connectivity index (χ0v) is 17.7. The lowest BCUT2D eigenvalue weighted by atomic mass is 10.1. The Balaban J connectivity index is 1.82. The molecule has 0 aliphatic heterocycles. The van der Waals surface area contributed by atoms with Gasteiger partial charge in [0, 0.05) is 6.42 Å². The molecule has 11 heteroatoms. The third kappa shape index (κ3) is 6.96. The second kappa shape index (κ2) is 11.1. The number of hydrazine groups is 1. The Morgan fingerprint density at radius 3 is 2.09 bits per heavy atom. The molecule has 0 saturated heterocycles. The molecule has 0 spiro atoms. The maximum atomic E-state index is 12.7. The van der Waals surface area contributed by atoms with Gasteiger partial charge in [-0.15, -0.1) is 0 Å². The van der Waals surface area contributed by atoms with Crippen molar-refractivity contribution in [2.24, 2.45) is 0 Å². The first-order chi connectivity index (χ1) is 15.2. The van der Waals surface area contributed by atoms with Crippen molar-refractivity contribution in [3.05, 3.63) is 47.5 Å². The summed E-state index contributed by atoms with van der Waals surface area (Å²) in [6, 6.07) is 7.54. The van der Waals surface area contributed by atoms with Gasteiger partial charge in [0.1, 0.15) is 5.75 Å². The lowest BCUT2D eigenvalue weighted by Crippen LogP contribution is -2.43. The van der Waals surface area contributed by atoms with Crippen molar-refractivity contribution >= 4 is 11.8 Å². The molecule has 0 aliphatic carbocycles. The van der Waals surface area contributed by atoms with Gasteiger partial charge in [-0.3, -0.25) is 20.4 Å². The minimum Gasteiger partial charge on any atom is -0.493 e. The summed E-state index contributed by atoms with van der Waals surface area (Å²) in [5, 5.41) is 0. The molecule has 0 atom stereocenters. The maximum Gasteiger partial charge on any atom is 0.416 e. The summed E-state index contributed by atoms with van der Waals surface area (Å²) in [5.41, 5.74) is 4.21. The lowest BCUT2D eigenvalue weighted by molar-refractivity contribution is -0.137. The van der Waals surface area contributed by atoms with E-state index in [0.717, 1.165) is 17.7 Å². The molecular formula is C21H23F3N2O6. The number of amides is 2. The second-order valence-electron chi connectivity index (χ2n) is 6.44. The Morgan fingerprint density at radius 2 is 1.53 bits per heavy atom. The SMILES string of the molecule is COc1cc(CCC(=O)NNC(=O)COc2cccc(C(F)(F)F)c2)cc(OC)c1OC. The monoisotopic (exact) mass is 456 g/mol. The van der Waals surface area contributed by atoms with E-state index in [4.69, 9.17) is 18.9 Å². The molecule has 0 fully saturated rings. The van der Waals surface area contributed by atoms with Gasteiger partial charge in [0.15, 0.2) is 18.1 Å². The normalized spacial score (nSPS) is 10.8. The molecule has 174 valence electrons. The van der Waals surface area contributed by atoms with Crippen LogP contribution < -0.4 is 29.8 Å². The molecule has 2 rings (SSSR count). The molecule has 0 unspecified atom stereocenters. The highest BCUT2D eigenvalue weighted by molar-refractivity contribution is 5.82. The molecule has 8 nitrogen and oxygen atoms in total. The third-order valence-corrected chi connectivity index (χ3v) is 4.24. The zero-order chi connectivity index (χ0) is 23.7. The van der Waals surface area contributed by atoms with Crippen LogP contribution in [0.15, 0.2) is 36.4 Å². The number of alkyl halides is 3. The summed E-state index contributed by atoms with van der Waals surface area (Å²) in [6.45, 7) is -0.575. The number of carbonyl (C=O) groups is 2. The highest BCUT2D eigenvalue weighted by atomic mass is 19.4. The number of rotatable bonds is 9. The van der Waals surface area contributed by atoms with Crippen LogP contribution in [0.3, 0.4) is 0 Å². The maximum absolute atomic E-state index is 12.7. The number of methoxy groups -OCH3 is 3. The van der Waals surface area contributed by atoms with E-state index in [0.29, 0.717) is 23.7 Å². The van der Waals surface area contributed by atoms with E-state index in [2.05, 4.69) is 10.9 Å². The van der Waals surface area contributed by atoms with Crippen molar-refractivity contribution in [2.75, 3.05) is 27.9 Å². The number of nitrogens with one attached hydrogen (secondary N) is 2. The number of ether oxygens (including phenoxy) is 4. The Morgan fingerprint density at radius 1 is 0.906 bits per heavy atom. The summed E-state index contributed by atoms with van der Waals surface area (Å²) >= 11 is 0. The van der Waals surface area contributed by atoms with Crippen LogP contribution in [0.5, 0.6) is 23.0 Å². The molecule has 2 N–H and O–H groups in total. The lowest BCUT2D eigenvalue weighted by Gasteiger charge is -2.14. The topological polar surface area (TPSA) is 95.1 Å². The zero-order valence-electron chi connectivity index (χ0n) is 17.7. The standard InChI is InChI=1S/C21H23F3N2O6/c1-29-16-9-13(10-17(30-2)20(16)31-3)7-8-18(27)25-26-19(28)12-32-15-6-4-5-14(11-15)21(22,23)24/h4-6,9-11H,7-8,12H2,1-3H3,(H,25,27)(H,26,28). The first-order valence-corrected chi connectivity index (χ1v) is 9.34. The first kappa shape index (κ1) is 24.6. The van der Waals surface area contributed by atoms with Crippen LogP contribution in [0.4, 0.5) is 13.2 Å². The van der Waals surface area contributed by atoms with Crippen molar-refractivity contribution < 1.29 is 41.7 Å². The molecule has 2 aromatic rings. The van der Waals surface area contributed by atoms with Crippen LogP contribution in [-0.2, 0) is 22.2 Å². The summed E-state index contributed by atoms with van der Waals surface area (Å²) in [7, 11) is 4.43. The minimum atomic E-state index is -4.52. The van der Waals surface area contributed by atoms with Crippen LogP contribution in [0.1, 0.15) is 17.5 Å². The predicted molar refractivity (Wildman–Crippen MR) is 108 cm³/mol. The highest BCUT2D eigenvalue weighted by Gasteiger charge is 2.30. The van der Waals surface area contributed by atoms with Crippen LogP contribution in [0, 0.1) is 0 Å². The Bertz CT molecular complexity index is 924. The molecule has 0 aromatic heterocycles. The minimum absolute atomic E-state index is 0.0351. The number of halogens is 3. The smallest absolute Gasteiger partial charge is 0.416 e. The summed E-state index contributed by atoms with van der Waals surface area (Å²) in [6.07, 6.45) is -4.17. The van der Waals surface area contributed by atoms with Gasteiger partial charge in [-0.05, 0) is 42.3 Å². The van der Waals surface area contributed by atoms with Crippen LogP contribution in [-0.4, -0.2) is 39.8 Å². The molecule has 2 aromatic carbocycles. The quantitative estimate of drug-likeness (QED) is 0.564.